The van der Waals surface area contributed by atoms with Crippen LogP contribution in [0.3, 0.4) is 0 Å². The van der Waals surface area contributed by atoms with E-state index in [4.69, 9.17) is 37.4 Å². The summed E-state index contributed by atoms with van der Waals surface area (Å²) in [4.78, 5) is 23.9. The number of rotatable bonds is 6. The van der Waals surface area contributed by atoms with Gasteiger partial charge in [0, 0.05) is 10.0 Å². The van der Waals surface area contributed by atoms with E-state index in [1.807, 2.05) is 0 Å². The largest absolute Gasteiger partial charge is 0.482 e. The minimum absolute atomic E-state index is 0.281. The molecule has 0 aliphatic carbocycles. The van der Waals surface area contributed by atoms with Crippen LogP contribution in [0.5, 0.6) is 17.2 Å². The van der Waals surface area contributed by atoms with E-state index in [0.29, 0.717) is 32.9 Å². The van der Waals surface area contributed by atoms with Crippen molar-refractivity contribution >= 4 is 35.1 Å². The second-order valence-electron chi connectivity index (χ2n) is 5.58. The first kappa shape index (κ1) is 19.7. The summed E-state index contributed by atoms with van der Waals surface area (Å²) in [6, 6.07) is 19.1. The fraction of sp³-hybridized carbons (Fsp3) is 0.0476. The van der Waals surface area contributed by atoms with Crippen molar-refractivity contribution in [3.63, 3.8) is 0 Å². The molecule has 5 nitrogen and oxygen atoms in total. The third-order valence-corrected chi connectivity index (χ3v) is 4.02. The Morgan fingerprint density at radius 3 is 1.64 bits per heavy atom. The molecule has 3 aromatic carbocycles. The number of ether oxygens (including phenoxy) is 3. The fourth-order valence-electron chi connectivity index (χ4n) is 2.16. The van der Waals surface area contributed by atoms with Gasteiger partial charge in [0.05, 0.1) is 5.56 Å². The molecular weight excluding hydrogens is 403 g/mol. The van der Waals surface area contributed by atoms with E-state index in [2.05, 4.69) is 0 Å². The molecule has 7 heteroatoms. The van der Waals surface area contributed by atoms with Crippen LogP contribution in [0.25, 0.3) is 0 Å². The van der Waals surface area contributed by atoms with Crippen molar-refractivity contribution in [2.24, 2.45) is 0 Å². The van der Waals surface area contributed by atoms with Crippen molar-refractivity contribution in [2.45, 2.75) is 0 Å². The first-order chi connectivity index (χ1) is 13.5. The molecule has 0 spiro atoms. The van der Waals surface area contributed by atoms with Gasteiger partial charge in [0.2, 0.25) is 0 Å². The molecule has 3 rings (SSSR count). The lowest BCUT2D eigenvalue weighted by atomic mass is 10.2. The Morgan fingerprint density at radius 1 is 0.643 bits per heavy atom. The SMILES string of the molecule is O=C(COc1ccc(C(=O)Oc2ccc(Cl)cc2)cc1)Oc1ccc(Cl)cc1. The molecule has 0 saturated heterocycles. The fourth-order valence-corrected chi connectivity index (χ4v) is 2.41. The number of hydrogen-bond acceptors (Lipinski definition) is 5. The Bertz CT molecular complexity index is 952. The van der Waals surface area contributed by atoms with Crippen LogP contribution < -0.4 is 14.2 Å². The zero-order valence-corrected chi connectivity index (χ0v) is 15.9. The van der Waals surface area contributed by atoms with Gasteiger partial charge in [0.25, 0.3) is 0 Å². The molecule has 0 unspecified atom stereocenters. The zero-order chi connectivity index (χ0) is 19.9. The van der Waals surface area contributed by atoms with Crippen molar-refractivity contribution in [3.05, 3.63) is 88.4 Å². The second-order valence-corrected chi connectivity index (χ2v) is 6.46. The van der Waals surface area contributed by atoms with E-state index in [-0.39, 0.29) is 6.61 Å². The molecule has 0 radical (unpaired) electrons. The summed E-state index contributed by atoms with van der Waals surface area (Å²) in [5, 5.41) is 1.10. The minimum Gasteiger partial charge on any atom is -0.482 e. The van der Waals surface area contributed by atoms with Crippen LogP contribution in [-0.2, 0) is 4.79 Å². The van der Waals surface area contributed by atoms with Gasteiger partial charge in [-0.25, -0.2) is 9.59 Å². The number of carbonyl (C=O) groups excluding carboxylic acids is 2. The van der Waals surface area contributed by atoms with Gasteiger partial charge in [-0.3, -0.25) is 0 Å². The Hall–Kier alpha value is -3.02. The predicted molar refractivity (Wildman–Crippen MR) is 105 cm³/mol. The van der Waals surface area contributed by atoms with Gasteiger partial charge >= 0.3 is 11.9 Å². The van der Waals surface area contributed by atoms with Crippen molar-refractivity contribution in [2.75, 3.05) is 6.61 Å². The normalized spacial score (nSPS) is 10.2. The summed E-state index contributed by atoms with van der Waals surface area (Å²) in [6.07, 6.45) is 0. The highest BCUT2D eigenvalue weighted by atomic mass is 35.5. The van der Waals surface area contributed by atoms with Crippen molar-refractivity contribution in [1.82, 2.24) is 0 Å². The average Bonchev–Trinajstić information content (AvgIpc) is 2.70. The average molecular weight is 417 g/mol. The molecule has 0 fully saturated rings. The van der Waals surface area contributed by atoms with Gasteiger partial charge in [-0.1, -0.05) is 23.2 Å². The summed E-state index contributed by atoms with van der Waals surface area (Å²) in [7, 11) is 0. The van der Waals surface area contributed by atoms with Gasteiger partial charge < -0.3 is 14.2 Å². The van der Waals surface area contributed by atoms with Crippen LogP contribution in [0.4, 0.5) is 0 Å². The van der Waals surface area contributed by atoms with Crippen molar-refractivity contribution in [3.8, 4) is 17.2 Å². The van der Waals surface area contributed by atoms with Gasteiger partial charge in [-0.05, 0) is 72.8 Å². The Morgan fingerprint density at radius 2 is 1.11 bits per heavy atom. The van der Waals surface area contributed by atoms with E-state index >= 15 is 0 Å². The molecule has 0 aliphatic heterocycles. The molecule has 0 heterocycles. The number of halogens is 2. The zero-order valence-electron chi connectivity index (χ0n) is 14.4. The molecule has 0 N–H and O–H groups in total. The third-order valence-electron chi connectivity index (χ3n) is 3.52. The van der Waals surface area contributed by atoms with E-state index in [0.717, 1.165) is 0 Å². The van der Waals surface area contributed by atoms with Crippen LogP contribution in [0, 0.1) is 0 Å². The first-order valence-corrected chi connectivity index (χ1v) is 8.92. The second kappa shape index (κ2) is 9.26. The molecule has 0 bridgehead atoms. The third kappa shape index (κ3) is 5.74. The van der Waals surface area contributed by atoms with Crippen molar-refractivity contribution in [1.29, 1.82) is 0 Å². The number of esters is 2. The highest BCUT2D eigenvalue weighted by Crippen LogP contribution is 2.19. The maximum Gasteiger partial charge on any atom is 0.349 e. The smallest absolute Gasteiger partial charge is 0.349 e. The van der Waals surface area contributed by atoms with Crippen LogP contribution in [0.2, 0.25) is 10.0 Å². The Labute approximate surface area is 171 Å². The van der Waals surface area contributed by atoms with E-state index in [1.165, 1.54) is 12.1 Å². The topological polar surface area (TPSA) is 61.8 Å². The van der Waals surface area contributed by atoms with Crippen LogP contribution >= 0.6 is 23.2 Å². The quantitative estimate of drug-likeness (QED) is 0.408. The molecule has 0 aliphatic rings. The monoisotopic (exact) mass is 416 g/mol. The summed E-state index contributed by atoms with van der Waals surface area (Å²) >= 11 is 11.6. The summed E-state index contributed by atoms with van der Waals surface area (Å²) < 4.78 is 15.7. The molecule has 3 aromatic rings. The molecule has 0 atom stereocenters. The van der Waals surface area contributed by atoms with Crippen LogP contribution in [0.15, 0.2) is 72.8 Å². The highest BCUT2D eigenvalue weighted by Gasteiger charge is 2.10. The van der Waals surface area contributed by atoms with Crippen LogP contribution in [0.1, 0.15) is 10.4 Å². The molecule has 0 aromatic heterocycles. The molecular formula is C21H14Cl2O5. The maximum absolute atomic E-state index is 12.1. The highest BCUT2D eigenvalue weighted by molar-refractivity contribution is 6.30. The lowest BCUT2D eigenvalue weighted by Crippen LogP contribution is -2.17. The standard InChI is InChI=1S/C21H14Cl2O5/c22-15-3-9-18(10-4-15)27-20(24)13-26-17-7-1-14(2-8-17)21(25)28-19-11-5-16(23)6-12-19/h1-12H,13H2. The Kier molecular flexibility index (Phi) is 6.53. The van der Waals surface area contributed by atoms with Gasteiger partial charge in [-0.2, -0.15) is 0 Å². The molecule has 28 heavy (non-hydrogen) atoms. The van der Waals surface area contributed by atoms with E-state index < -0.39 is 11.9 Å². The Balaban J connectivity index is 1.50. The van der Waals surface area contributed by atoms with Gasteiger partial charge in [0.15, 0.2) is 6.61 Å². The molecule has 142 valence electrons. The minimum atomic E-state index is -0.562. The van der Waals surface area contributed by atoms with Crippen LogP contribution in [-0.4, -0.2) is 18.5 Å². The van der Waals surface area contributed by atoms with Crippen molar-refractivity contribution < 1.29 is 23.8 Å². The number of carbonyl (C=O) groups is 2. The van der Waals surface area contributed by atoms with Gasteiger partial charge in [0.1, 0.15) is 17.2 Å². The van der Waals surface area contributed by atoms with Gasteiger partial charge in [-0.15, -0.1) is 0 Å². The summed E-state index contributed by atoms with van der Waals surface area (Å²) in [6.45, 7) is -0.281. The van der Waals surface area contributed by atoms with E-state index in [9.17, 15) is 9.59 Å². The lowest BCUT2D eigenvalue weighted by molar-refractivity contribution is -0.136. The first-order valence-electron chi connectivity index (χ1n) is 8.16. The maximum atomic E-state index is 12.1. The lowest BCUT2D eigenvalue weighted by Gasteiger charge is -2.08. The summed E-state index contributed by atoms with van der Waals surface area (Å²) in [5.41, 5.74) is 0.339. The predicted octanol–water partition coefficient (Wildman–Crippen LogP) is 5.20. The number of hydrogen-bond donors (Lipinski definition) is 0. The summed E-state index contributed by atoms with van der Waals surface area (Å²) in [5.74, 6) is 0.0960. The molecule has 0 amide bonds. The molecule has 0 saturated carbocycles. The van der Waals surface area contributed by atoms with E-state index in [1.54, 1.807) is 60.7 Å². The number of benzene rings is 3.